The topological polar surface area (TPSA) is 52.3 Å². The number of thiazole rings is 1. The van der Waals surface area contributed by atoms with Gasteiger partial charge in [0.2, 0.25) is 0 Å². The lowest BCUT2D eigenvalue weighted by atomic mass is 10.1. The number of benzene rings is 1. The molecule has 0 aliphatic rings. The molecule has 118 valence electrons. The third-order valence-corrected chi connectivity index (χ3v) is 4.66. The predicted octanol–water partition coefficient (Wildman–Crippen LogP) is 5.00. The van der Waals surface area contributed by atoms with E-state index in [1.165, 1.54) is 11.3 Å². The lowest BCUT2D eigenvalue weighted by molar-refractivity contribution is -0.144. The van der Waals surface area contributed by atoms with E-state index in [9.17, 15) is 4.79 Å². The van der Waals surface area contributed by atoms with E-state index in [-0.39, 0.29) is 13.0 Å². The maximum Gasteiger partial charge on any atom is 0.310 e. The average Bonchev–Trinajstić information content (AvgIpc) is 3.19. The smallest absolute Gasteiger partial charge is 0.310 e. The monoisotopic (exact) mass is 367 g/mol. The molecule has 0 bridgehead atoms. The maximum absolute atomic E-state index is 11.9. The Morgan fingerprint density at radius 2 is 2.00 bits per heavy atom. The molecule has 4 nitrogen and oxygen atoms in total. The number of carbonyl (C=O) groups excluding carboxylic acids is 1. The Hall–Kier alpha value is -1.82. The van der Waals surface area contributed by atoms with E-state index in [4.69, 9.17) is 32.4 Å². The van der Waals surface area contributed by atoms with Gasteiger partial charge in [-0.2, -0.15) is 0 Å². The van der Waals surface area contributed by atoms with Crippen LogP contribution in [0.25, 0.3) is 10.8 Å². The zero-order valence-electron chi connectivity index (χ0n) is 11.8. The molecule has 1 aromatic carbocycles. The summed E-state index contributed by atoms with van der Waals surface area (Å²) in [5.74, 6) is 0.281. The van der Waals surface area contributed by atoms with Crippen molar-refractivity contribution in [1.82, 2.24) is 4.98 Å². The third kappa shape index (κ3) is 3.93. The summed E-state index contributed by atoms with van der Waals surface area (Å²) in [7, 11) is 0. The standard InChI is InChI=1S/C16H11Cl2NO3S/c17-12-3-1-4-13(18)11(12)7-15(20)22-8-10-9-23-16(19-10)14-5-2-6-21-14/h1-6,9H,7-8H2. The molecule has 0 atom stereocenters. The number of hydrogen-bond acceptors (Lipinski definition) is 5. The highest BCUT2D eigenvalue weighted by Gasteiger charge is 2.13. The Labute approximate surface area is 146 Å². The summed E-state index contributed by atoms with van der Waals surface area (Å²) in [4.78, 5) is 16.3. The Balaban J connectivity index is 1.59. The molecule has 7 heteroatoms. The number of rotatable bonds is 5. The normalized spacial score (nSPS) is 10.7. The van der Waals surface area contributed by atoms with E-state index in [0.717, 1.165) is 5.01 Å². The minimum absolute atomic E-state index is 0.0215. The van der Waals surface area contributed by atoms with E-state index in [2.05, 4.69) is 4.98 Å². The fourth-order valence-electron chi connectivity index (χ4n) is 1.94. The van der Waals surface area contributed by atoms with Crippen molar-refractivity contribution in [3.8, 4) is 10.8 Å². The molecule has 0 saturated heterocycles. The van der Waals surface area contributed by atoms with Crippen molar-refractivity contribution in [2.75, 3.05) is 0 Å². The second-order valence-corrected chi connectivity index (χ2v) is 6.33. The van der Waals surface area contributed by atoms with Gasteiger partial charge in [0.1, 0.15) is 6.61 Å². The van der Waals surface area contributed by atoms with Crippen molar-refractivity contribution in [1.29, 1.82) is 0 Å². The Morgan fingerprint density at radius 1 is 1.22 bits per heavy atom. The van der Waals surface area contributed by atoms with E-state index in [0.29, 0.717) is 27.1 Å². The highest BCUT2D eigenvalue weighted by Crippen LogP contribution is 2.26. The van der Waals surface area contributed by atoms with E-state index >= 15 is 0 Å². The number of nitrogens with zero attached hydrogens (tertiary/aromatic N) is 1. The van der Waals surface area contributed by atoms with Crippen LogP contribution in [0.1, 0.15) is 11.3 Å². The van der Waals surface area contributed by atoms with Crippen molar-refractivity contribution < 1.29 is 13.9 Å². The van der Waals surface area contributed by atoms with Crippen LogP contribution in [-0.4, -0.2) is 11.0 Å². The molecule has 0 aliphatic carbocycles. The van der Waals surface area contributed by atoms with Gasteiger partial charge < -0.3 is 9.15 Å². The summed E-state index contributed by atoms with van der Waals surface area (Å²) in [5.41, 5.74) is 1.23. The maximum atomic E-state index is 11.9. The van der Waals surface area contributed by atoms with Crippen molar-refractivity contribution in [2.24, 2.45) is 0 Å². The first-order valence-corrected chi connectivity index (χ1v) is 8.34. The molecule has 0 amide bonds. The summed E-state index contributed by atoms with van der Waals surface area (Å²) in [6.45, 7) is 0.0954. The van der Waals surface area contributed by atoms with Crippen LogP contribution in [0.5, 0.6) is 0 Å². The summed E-state index contributed by atoms with van der Waals surface area (Å²) < 4.78 is 10.5. The van der Waals surface area contributed by atoms with E-state index < -0.39 is 5.97 Å². The van der Waals surface area contributed by atoms with Gasteiger partial charge >= 0.3 is 5.97 Å². The lowest BCUT2D eigenvalue weighted by Crippen LogP contribution is -2.09. The number of ether oxygens (including phenoxy) is 1. The summed E-state index contributed by atoms with van der Waals surface area (Å²) in [5, 5.41) is 3.47. The first-order chi connectivity index (χ1) is 11.1. The van der Waals surface area contributed by atoms with Crippen LogP contribution < -0.4 is 0 Å². The second kappa shape index (κ2) is 7.17. The molecule has 0 saturated carbocycles. The highest BCUT2D eigenvalue weighted by atomic mass is 35.5. The molecule has 0 spiro atoms. The zero-order chi connectivity index (χ0) is 16.2. The highest BCUT2D eigenvalue weighted by molar-refractivity contribution is 7.13. The molecule has 0 unspecified atom stereocenters. The molecule has 23 heavy (non-hydrogen) atoms. The zero-order valence-corrected chi connectivity index (χ0v) is 14.1. The van der Waals surface area contributed by atoms with Crippen LogP contribution in [0, 0.1) is 0 Å². The molecule has 2 heterocycles. The Kier molecular flexibility index (Phi) is 5.00. The Morgan fingerprint density at radius 3 is 2.70 bits per heavy atom. The summed E-state index contributed by atoms with van der Waals surface area (Å²) in [6.07, 6.45) is 1.61. The van der Waals surface area contributed by atoms with Crippen LogP contribution in [0.15, 0.2) is 46.4 Å². The van der Waals surface area contributed by atoms with E-state index in [1.807, 2.05) is 11.4 Å². The minimum Gasteiger partial charge on any atom is -0.462 e. The van der Waals surface area contributed by atoms with Gasteiger partial charge in [0, 0.05) is 21.0 Å². The van der Waals surface area contributed by atoms with Gasteiger partial charge in [-0.1, -0.05) is 29.3 Å². The van der Waals surface area contributed by atoms with Crippen molar-refractivity contribution >= 4 is 40.5 Å². The van der Waals surface area contributed by atoms with Gasteiger partial charge in [0.15, 0.2) is 10.8 Å². The third-order valence-electron chi connectivity index (χ3n) is 3.05. The fraction of sp³-hybridized carbons (Fsp3) is 0.125. The number of hydrogen-bond donors (Lipinski definition) is 0. The Bertz CT molecular complexity index is 794. The number of carbonyl (C=O) groups is 1. The molecule has 0 aliphatic heterocycles. The number of aromatic nitrogens is 1. The molecule has 0 fully saturated rings. The summed E-state index contributed by atoms with van der Waals surface area (Å²) in [6, 6.07) is 8.72. The first-order valence-electron chi connectivity index (χ1n) is 6.70. The van der Waals surface area contributed by atoms with Crippen LogP contribution in [0.2, 0.25) is 10.0 Å². The quantitative estimate of drug-likeness (QED) is 0.595. The van der Waals surface area contributed by atoms with Gasteiger partial charge in [-0.3, -0.25) is 4.79 Å². The number of esters is 1. The molecule has 2 aromatic heterocycles. The van der Waals surface area contributed by atoms with Crippen LogP contribution in [0.4, 0.5) is 0 Å². The SMILES string of the molecule is O=C(Cc1c(Cl)cccc1Cl)OCc1csc(-c2ccco2)n1. The van der Waals surface area contributed by atoms with Crippen molar-refractivity contribution in [3.05, 3.63) is 63.3 Å². The molecule has 3 aromatic rings. The van der Waals surface area contributed by atoms with Crippen molar-refractivity contribution in [2.45, 2.75) is 13.0 Å². The first kappa shape index (κ1) is 16.1. The number of furan rings is 1. The van der Waals surface area contributed by atoms with Crippen molar-refractivity contribution in [3.63, 3.8) is 0 Å². The fourth-order valence-corrected chi connectivity index (χ4v) is 3.24. The molecule has 0 N–H and O–H groups in total. The van der Waals surface area contributed by atoms with Crippen LogP contribution in [-0.2, 0) is 22.6 Å². The molecule has 0 radical (unpaired) electrons. The van der Waals surface area contributed by atoms with E-state index in [1.54, 1.807) is 30.5 Å². The summed E-state index contributed by atoms with van der Waals surface area (Å²) >= 11 is 13.5. The molecular weight excluding hydrogens is 357 g/mol. The number of halogens is 2. The predicted molar refractivity (Wildman–Crippen MR) is 89.8 cm³/mol. The van der Waals surface area contributed by atoms with Crippen LogP contribution in [0.3, 0.4) is 0 Å². The largest absolute Gasteiger partial charge is 0.462 e. The van der Waals surface area contributed by atoms with Crippen LogP contribution >= 0.6 is 34.5 Å². The molecule has 3 rings (SSSR count). The molecular formula is C16H11Cl2NO3S. The second-order valence-electron chi connectivity index (χ2n) is 4.66. The van der Waals surface area contributed by atoms with Gasteiger partial charge in [-0.15, -0.1) is 11.3 Å². The average molecular weight is 368 g/mol. The van der Waals surface area contributed by atoms with Gasteiger partial charge in [-0.05, 0) is 24.3 Å². The minimum atomic E-state index is -0.410. The van der Waals surface area contributed by atoms with Gasteiger partial charge in [0.05, 0.1) is 18.4 Å². The van der Waals surface area contributed by atoms with Gasteiger partial charge in [0.25, 0.3) is 0 Å². The van der Waals surface area contributed by atoms with Gasteiger partial charge in [-0.25, -0.2) is 4.98 Å². The lowest BCUT2D eigenvalue weighted by Gasteiger charge is -2.06.